The van der Waals surface area contributed by atoms with Crippen molar-refractivity contribution < 1.29 is 28.8 Å². The molecule has 0 bridgehead atoms. The lowest BCUT2D eigenvalue weighted by Crippen LogP contribution is -2.59. The molecule has 0 aromatic carbocycles. The third-order valence-corrected chi connectivity index (χ3v) is 10.4. The van der Waals surface area contributed by atoms with Crippen molar-refractivity contribution in [1.29, 1.82) is 0 Å². The predicted octanol–water partition coefficient (Wildman–Crippen LogP) is 2.24. The average molecular weight is 565 g/mol. The van der Waals surface area contributed by atoms with Gasteiger partial charge in [0.1, 0.15) is 5.54 Å². The molecule has 4 saturated heterocycles. The highest BCUT2D eigenvalue weighted by Gasteiger charge is 2.76. The van der Waals surface area contributed by atoms with E-state index >= 15 is 0 Å². The summed E-state index contributed by atoms with van der Waals surface area (Å²) in [5, 5.41) is 0. The topological polar surface area (TPSA) is 115 Å². The monoisotopic (exact) mass is 564 g/mol. The van der Waals surface area contributed by atoms with E-state index in [1.807, 2.05) is 32.9 Å². The van der Waals surface area contributed by atoms with Crippen LogP contribution in [0.2, 0.25) is 0 Å². The Bertz CT molecular complexity index is 1270. The Morgan fingerprint density at radius 3 is 1.95 bits per heavy atom. The second-order valence-electron chi connectivity index (χ2n) is 12.5. The minimum absolute atomic E-state index is 0.173. The van der Waals surface area contributed by atoms with Gasteiger partial charge >= 0.3 is 0 Å². The zero-order chi connectivity index (χ0) is 29.2. The van der Waals surface area contributed by atoms with Crippen LogP contribution >= 0.6 is 0 Å². The highest BCUT2D eigenvalue weighted by atomic mass is 16.2. The summed E-state index contributed by atoms with van der Waals surface area (Å²) in [6.45, 7) is 6.88. The van der Waals surface area contributed by atoms with Crippen molar-refractivity contribution in [2.45, 2.75) is 83.7 Å². The molecule has 41 heavy (non-hydrogen) atoms. The predicted molar refractivity (Wildman–Crippen MR) is 147 cm³/mol. The van der Waals surface area contributed by atoms with Gasteiger partial charge in [0.25, 0.3) is 5.91 Å². The van der Waals surface area contributed by atoms with Gasteiger partial charge in [-0.1, -0.05) is 46.1 Å². The summed E-state index contributed by atoms with van der Waals surface area (Å²) < 4.78 is 0. The molecule has 7 atom stereocenters. The highest BCUT2D eigenvalue weighted by Crippen LogP contribution is 2.60. The van der Waals surface area contributed by atoms with E-state index < -0.39 is 53.0 Å². The van der Waals surface area contributed by atoms with Gasteiger partial charge < -0.3 is 4.90 Å². The summed E-state index contributed by atoms with van der Waals surface area (Å²) in [7, 11) is 0. The summed E-state index contributed by atoms with van der Waals surface area (Å²) in [5.74, 6) is -5.47. The van der Waals surface area contributed by atoms with E-state index in [0.29, 0.717) is 32.2 Å². The van der Waals surface area contributed by atoms with Crippen molar-refractivity contribution in [3.05, 3.63) is 23.9 Å². The zero-order valence-electron chi connectivity index (χ0n) is 24.2. The van der Waals surface area contributed by atoms with Crippen LogP contribution in [0, 0.1) is 29.6 Å². The lowest BCUT2D eigenvalue weighted by Gasteiger charge is -2.47. The maximum absolute atomic E-state index is 14.3. The van der Waals surface area contributed by atoms with Crippen LogP contribution in [-0.4, -0.2) is 86.3 Å². The first-order valence-corrected chi connectivity index (χ1v) is 15.5. The first-order chi connectivity index (χ1) is 19.7. The molecule has 0 aromatic rings. The fraction of sp³-hybridized carbons (Fsp3) is 0.677. The third kappa shape index (κ3) is 3.67. The van der Waals surface area contributed by atoms with Gasteiger partial charge in [-0.25, -0.2) is 0 Å². The fourth-order valence-corrected chi connectivity index (χ4v) is 8.46. The van der Waals surface area contributed by atoms with Gasteiger partial charge in [0.2, 0.25) is 29.5 Å². The Hall–Kier alpha value is -3.30. The number of carbonyl (C=O) groups is 6. The van der Waals surface area contributed by atoms with Gasteiger partial charge in [-0.05, 0) is 37.3 Å². The van der Waals surface area contributed by atoms with E-state index in [1.165, 1.54) is 14.7 Å². The number of imide groups is 3. The van der Waals surface area contributed by atoms with Crippen LogP contribution in [0.5, 0.6) is 0 Å². The number of carbonyl (C=O) groups excluding carboxylic acids is 6. The molecule has 10 nitrogen and oxygen atoms in total. The molecule has 0 N–H and O–H groups in total. The lowest BCUT2D eigenvalue weighted by atomic mass is 9.66. The molecule has 0 radical (unpaired) electrons. The summed E-state index contributed by atoms with van der Waals surface area (Å²) in [6, 6.07) is -0.669. The van der Waals surface area contributed by atoms with Crippen LogP contribution in [-0.2, 0) is 28.8 Å². The smallest absolute Gasteiger partial charge is 0.256 e. The summed E-state index contributed by atoms with van der Waals surface area (Å²) in [5.41, 5.74) is -0.634. The Labute approximate surface area is 240 Å². The number of unbranched alkanes of at least 4 members (excludes halogenated alkanes) is 3. The molecule has 1 aliphatic carbocycles. The number of fused-ring (bicyclic) bond motifs is 9. The van der Waals surface area contributed by atoms with Gasteiger partial charge in [-0.2, -0.15) is 0 Å². The summed E-state index contributed by atoms with van der Waals surface area (Å²) >= 11 is 0. The summed E-state index contributed by atoms with van der Waals surface area (Å²) in [6.07, 6.45) is 10.3. The maximum Gasteiger partial charge on any atom is 0.256 e. The van der Waals surface area contributed by atoms with Crippen LogP contribution in [0.25, 0.3) is 0 Å². The third-order valence-electron chi connectivity index (χ3n) is 10.4. The average Bonchev–Trinajstić information content (AvgIpc) is 3.58. The Morgan fingerprint density at radius 1 is 0.732 bits per heavy atom. The SMILES string of the molecule is CCCCN1C(=O)C2CC=C3C=CN4C(C3C2C1=O)C1C(=O)N(CCCC)C(=O)C1C41CC(=O)N(CCCC)C1=O. The second-order valence-corrected chi connectivity index (χ2v) is 12.5. The molecule has 6 rings (SSSR count). The number of hydrogen-bond donors (Lipinski definition) is 0. The normalized spacial score (nSPS) is 35.6. The molecule has 7 unspecified atom stereocenters. The first-order valence-electron chi connectivity index (χ1n) is 15.5. The van der Waals surface area contributed by atoms with Crippen LogP contribution in [0.15, 0.2) is 23.9 Å². The van der Waals surface area contributed by atoms with Crippen LogP contribution < -0.4 is 0 Å². The van der Waals surface area contributed by atoms with E-state index in [-0.39, 0.29) is 43.1 Å². The molecule has 0 aromatic heterocycles. The van der Waals surface area contributed by atoms with Crippen LogP contribution in [0.1, 0.15) is 72.1 Å². The highest BCUT2D eigenvalue weighted by molar-refractivity contribution is 6.16. The van der Waals surface area contributed by atoms with Crippen molar-refractivity contribution in [3.63, 3.8) is 0 Å². The van der Waals surface area contributed by atoms with Gasteiger partial charge in [-0.15, -0.1) is 0 Å². The number of nitrogens with zero attached hydrogens (tertiary/aromatic N) is 4. The van der Waals surface area contributed by atoms with Gasteiger partial charge in [0, 0.05) is 37.8 Å². The molecular weight excluding hydrogens is 524 g/mol. The summed E-state index contributed by atoms with van der Waals surface area (Å²) in [4.78, 5) is 89.0. The first kappa shape index (κ1) is 27.8. The van der Waals surface area contributed by atoms with Crippen molar-refractivity contribution in [3.8, 4) is 0 Å². The Balaban J connectivity index is 1.47. The number of hydrogen-bond acceptors (Lipinski definition) is 7. The van der Waals surface area contributed by atoms with E-state index in [9.17, 15) is 28.8 Å². The molecule has 6 amide bonds. The molecule has 0 saturated carbocycles. The molecule has 5 aliphatic heterocycles. The minimum atomic E-state index is -1.50. The van der Waals surface area contributed by atoms with Gasteiger partial charge in [0.15, 0.2) is 0 Å². The molecule has 220 valence electrons. The fourth-order valence-electron chi connectivity index (χ4n) is 8.46. The van der Waals surface area contributed by atoms with E-state index in [2.05, 4.69) is 0 Å². The molecular formula is C31H40N4O6. The standard InChI is InChI=1S/C31H40N4O6/c1-4-7-13-32-20(36)17-31(30(32)41)24-23(28(39)34(29(24)40)15-9-6-3)25-21-18(12-16-35(25)31)10-11-19-22(21)27(38)33(26(19)37)14-8-5-2/h10,12,16,19,21-25H,4-9,11,13-15,17H2,1-3H3. The van der Waals surface area contributed by atoms with Crippen LogP contribution in [0.3, 0.4) is 0 Å². The maximum atomic E-state index is 14.3. The van der Waals surface area contributed by atoms with Crippen molar-refractivity contribution >= 4 is 35.4 Å². The molecule has 4 fully saturated rings. The van der Waals surface area contributed by atoms with Gasteiger partial charge in [-0.3, -0.25) is 43.5 Å². The number of rotatable bonds is 9. The Morgan fingerprint density at radius 2 is 1.32 bits per heavy atom. The molecule has 10 heteroatoms. The molecule has 6 aliphatic rings. The second kappa shape index (κ2) is 10.2. The number of likely N-dealkylation sites (tertiary alicyclic amines) is 3. The van der Waals surface area contributed by atoms with E-state index in [1.54, 1.807) is 11.1 Å². The van der Waals surface area contributed by atoms with Crippen molar-refractivity contribution in [2.75, 3.05) is 19.6 Å². The lowest BCUT2D eigenvalue weighted by molar-refractivity contribution is -0.149. The van der Waals surface area contributed by atoms with Crippen LogP contribution in [0.4, 0.5) is 0 Å². The largest absolute Gasteiger partial charge is 0.358 e. The van der Waals surface area contributed by atoms with E-state index in [4.69, 9.17) is 0 Å². The van der Waals surface area contributed by atoms with Crippen molar-refractivity contribution in [1.82, 2.24) is 19.6 Å². The molecule has 5 heterocycles. The number of amides is 6. The zero-order valence-corrected chi connectivity index (χ0v) is 24.2. The molecule has 1 spiro atoms. The minimum Gasteiger partial charge on any atom is -0.358 e. The number of allylic oxidation sites excluding steroid dienone is 2. The van der Waals surface area contributed by atoms with Crippen molar-refractivity contribution in [2.24, 2.45) is 29.6 Å². The Kier molecular flexibility index (Phi) is 6.93. The van der Waals surface area contributed by atoms with E-state index in [0.717, 1.165) is 24.8 Å². The van der Waals surface area contributed by atoms with Gasteiger partial charge in [0.05, 0.1) is 30.1 Å². The quantitative estimate of drug-likeness (QED) is 0.395.